The number of hydrogen-bond acceptors (Lipinski definition) is 2. The van der Waals surface area contributed by atoms with Crippen LogP contribution in [-0.2, 0) is 6.54 Å². The Morgan fingerprint density at radius 1 is 1.71 bits per heavy atom. The van der Waals surface area contributed by atoms with Crippen molar-refractivity contribution in [2.45, 2.75) is 19.9 Å². The fourth-order valence-corrected chi connectivity index (χ4v) is 1.03. The van der Waals surface area contributed by atoms with E-state index in [4.69, 9.17) is 11.2 Å². The number of halogens is 2. The van der Waals surface area contributed by atoms with Crippen molar-refractivity contribution in [2.75, 3.05) is 6.61 Å². The molecule has 14 heavy (non-hydrogen) atoms. The minimum Gasteiger partial charge on any atom is -0.464 e. The highest BCUT2D eigenvalue weighted by molar-refractivity contribution is 5.22. The summed E-state index contributed by atoms with van der Waals surface area (Å²) in [5.74, 6) is 2.57. The second-order valence-corrected chi connectivity index (χ2v) is 2.70. The Labute approximate surface area is 80.7 Å². The van der Waals surface area contributed by atoms with E-state index in [9.17, 15) is 8.78 Å². The summed E-state index contributed by atoms with van der Waals surface area (Å²) in [5, 5.41) is 3.75. The van der Waals surface area contributed by atoms with Gasteiger partial charge in [0, 0.05) is 5.56 Å². The Kier molecular flexibility index (Phi) is 3.46. The molecule has 5 heteroatoms. The van der Waals surface area contributed by atoms with Crippen LogP contribution in [0, 0.1) is 19.3 Å². The van der Waals surface area contributed by atoms with Crippen molar-refractivity contribution >= 4 is 0 Å². The van der Waals surface area contributed by atoms with E-state index in [1.165, 1.54) is 6.20 Å². The van der Waals surface area contributed by atoms with E-state index in [2.05, 4.69) is 11.0 Å². The normalized spacial score (nSPS) is 10.2. The van der Waals surface area contributed by atoms with Crippen LogP contribution in [0.5, 0.6) is 5.88 Å². The molecule has 0 N–H and O–H groups in total. The molecule has 0 unspecified atom stereocenters. The first-order valence-electron chi connectivity index (χ1n) is 4.02. The first-order valence-corrected chi connectivity index (χ1v) is 4.02. The van der Waals surface area contributed by atoms with Gasteiger partial charge in [-0.1, -0.05) is 5.92 Å². The summed E-state index contributed by atoms with van der Waals surface area (Å²) in [6.07, 6.45) is 4.00. The molecule has 0 aliphatic rings. The number of ether oxygens (including phenoxy) is 1. The van der Waals surface area contributed by atoms with Gasteiger partial charge in [0.15, 0.2) is 6.61 Å². The SMILES string of the molecule is C#CCOc1c(C)cnn1CC(F)F. The smallest absolute Gasteiger partial charge is 0.258 e. The minimum atomic E-state index is -2.46. The lowest BCUT2D eigenvalue weighted by Crippen LogP contribution is -2.11. The third kappa shape index (κ3) is 2.46. The van der Waals surface area contributed by atoms with E-state index in [1.807, 2.05) is 0 Å². The average Bonchev–Trinajstić information content (AvgIpc) is 2.44. The summed E-state index contributed by atoms with van der Waals surface area (Å²) in [7, 11) is 0. The maximum absolute atomic E-state index is 12.1. The van der Waals surface area contributed by atoms with E-state index in [0.717, 1.165) is 4.68 Å². The van der Waals surface area contributed by atoms with Gasteiger partial charge < -0.3 is 4.74 Å². The van der Waals surface area contributed by atoms with Gasteiger partial charge >= 0.3 is 0 Å². The molecule has 0 saturated heterocycles. The Balaban J connectivity index is 2.78. The zero-order valence-electron chi connectivity index (χ0n) is 7.70. The third-order valence-electron chi connectivity index (χ3n) is 1.57. The van der Waals surface area contributed by atoms with Crippen molar-refractivity contribution in [1.82, 2.24) is 9.78 Å². The fourth-order valence-electron chi connectivity index (χ4n) is 1.03. The second-order valence-electron chi connectivity index (χ2n) is 2.70. The van der Waals surface area contributed by atoms with Gasteiger partial charge in [-0.15, -0.1) is 6.42 Å². The van der Waals surface area contributed by atoms with Gasteiger partial charge in [-0.05, 0) is 6.92 Å². The summed E-state index contributed by atoms with van der Waals surface area (Å²) in [4.78, 5) is 0. The Morgan fingerprint density at radius 3 is 3.00 bits per heavy atom. The fraction of sp³-hybridized carbons (Fsp3) is 0.444. The maximum atomic E-state index is 12.1. The quantitative estimate of drug-likeness (QED) is 0.688. The molecule has 0 aromatic carbocycles. The van der Waals surface area contributed by atoms with Crippen LogP contribution in [0.1, 0.15) is 5.56 Å². The predicted molar refractivity (Wildman–Crippen MR) is 47.3 cm³/mol. The molecule has 0 atom stereocenters. The van der Waals surface area contributed by atoms with Gasteiger partial charge in [-0.2, -0.15) is 5.10 Å². The van der Waals surface area contributed by atoms with Crippen molar-refractivity contribution in [3.63, 3.8) is 0 Å². The highest BCUT2D eigenvalue weighted by atomic mass is 19.3. The molecular formula is C9H10F2N2O. The van der Waals surface area contributed by atoms with Crippen molar-refractivity contribution in [2.24, 2.45) is 0 Å². The monoisotopic (exact) mass is 200 g/mol. The standard InChI is InChI=1S/C9H10F2N2O/c1-3-4-14-9-7(2)5-12-13(9)6-8(10)11/h1,5,8H,4,6H2,2H3. The Hall–Kier alpha value is -1.57. The van der Waals surface area contributed by atoms with E-state index in [1.54, 1.807) is 6.92 Å². The number of aryl methyl sites for hydroxylation is 1. The lowest BCUT2D eigenvalue weighted by Gasteiger charge is -2.07. The van der Waals surface area contributed by atoms with E-state index < -0.39 is 13.0 Å². The second kappa shape index (κ2) is 4.61. The first-order chi connectivity index (χ1) is 6.65. The van der Waals surface area contributed by atoms with E-state index in [0.29, 0.717) is 11.4 Å². The molecular weight excluding hydrogens is 190 g/mol. The van der Waals surface area contributed by atoms with Gasteiger partial charge in [-0.3, -0.25) is 0 Å². The molecule has 1 rings (SSSR count). The Morgan fingerprint density at radius 2 is 2.43 bits per heavy atom. The van der Waals surface area contributed by atoms with Crippen LogP contribution in [-0.4, -0.2) is 22.8 Å². The van der Waals surface area contributed by atoms with Crippen LogP contribution in [0.3, 0.4) is 0 Å². The first kappa shape index (κ1) is 10.5. The summed E-state index contributed by atoms with van der Waals surface area (Å²) in [6.45, 7) is 1.30. The van der Waals surface area contributed by atoms with E-state index >= 15 is 0 Å². The molecule has 0 bridgehead atoms. The van der Waals surface area contributed by atoms with Crippen LogP contribution in [0.25, 0.3) is 0 Å². The van der Waals surface area contributed by atoms with Crippen molar-refractivity contribution < 1.29 is 13.5 Å². The van der Waals surface area contributed by atoms with Gasteiger partial charge in [-0.25, -0.2) is 13.5 Å². The molecule has 1 aromatic rings. The number of nitrogens with zero attached hydrogens (tertiary/aromatic N) is 2. The van der Waals surface area contributed by atoms with E-state index in [-0.39, 0.29) is 6.61 Å². The lowest BCUT2D eigenvalue weighted by atomic mass is 10.4. The maximum Gasteiger partial charge on any atom is 0.258 e. The van der Waals surface area contributed by atoms with Crippen LogP contribution in [0.15, 0.2) is 6.20 Å². The molecule has 0 amide bonds. The third-order valence-corrected chi connectivity index (χ3v) is 1.57. The zero-order valence-corrected chi connectivity index (χ0v) is 7.70. The molecule has 0 aliphatic heterocycles. The number of hydrogen-bond donors (Lipinski definition) is 0. The largest absolute Gasteiger partial charge is 0.464 e. The molecule has 0 fully saturated rings. The number of alkyl halides is 2. The van der Waals surface area contributed by atoms with Gasteiger partial charge in [0.1, 0.15) is 6.54 Å². The average molecular weight is 200 g/mol. The minimum absolute atomic E-state index is 0.0514. The van der Waals surface area contributed by atoms with Crippen molar-refractivity contribution in [3.8, 4) is 18.2 Å². The van der Waals surface area contributed by atoms with Gasteiger partial charge in [0.25, 0.3) is 6.43 Å². The molecule has 76 valence electrons. The number of aromatic nitrogens is 2. The van der Waals surface area contributed by atoms with Crippen LogP contribution in [0.2, 0.25) is 0 Å². The van der Waals surface area contributed by atoms with Crippen molar-refractivity contribution in [3.05, 3.63) is 11.8 Å². The summed E-state index contributed by atoms with van der Waals surface area (Å²) in [6, 6.07) is 0. The topological polar surface area (TPSA) is 27.1 Å². The number of rotatable bonds is 4. The summed E-state index contributed by atoms with van der Waals surface area (Å²) in [5.41, 5.74) is 0.695. The molecule has 0 saturated carbocycles. The Bertz CT molecular complexity index is 341. The summed E-state index contributed by atoms with van der Waals surface area (Å²) < 4.78 is 30.3. The van der Waals surface area contributed by atoms with Gasteiger partial charge in [0.2, 0.25) is 5.88 Å². The highest BCUT2D eigenvalue weighted by Gasteiger charge is 2.12. The highest BCUT2D eigenvalue weighted by Crippen LogP contribution is 2.17. The van der Waals surface area contributed by atoms with Crippen LogP contribution in [0.4, 0.5) is 8.78 Å². The number of terminal acetylenes is 1. The van der Waals surface area contributed by atoms with Gasteiger partial charge in [0.05, 0.1) is 6.20 Å². The van der Waals surface area contributed by atoms with Crippen molar-refractivity contribution in [1.29, 1.82) is 0 Å². The lowest BCUT2D eigenvalue weighted by molar-refractivity contribution is 0.116. The molecule has 0 aliphatic carbocycles. The summed E-state index contributed by atoms with van der Waals surface area (Å²) >= 11 is 0. The molecule has 1 aromatic heterocycles. The molecule has 0 spiro atoms. The molecule has 1 heterocycles. The zero-order chi connectivity index (χ0) is 10.6. The predicted octanol–water partition coefficient (Wildman–Crippen LogP) is 1.47. The molecule has 0 radical (unpaired) electrons. The molecule has 3 nitrogen and oxygen atoms in total. The van der Waals surface area contributed by atoms with Crippen LogP contribution >= 0.6 is 0 Å². The van der Waals surface area contributed by atoms with Crippen LogP contribution < -0.4 is 4.74 Å².